The quantitative estimate of drug-likeness (QED) is 0.488. The molecule has 0 spiro atoms. The van der Waals surface area contributed by atoms with E-state index in [0.717, 1.165) is 16.8 Å². The molecule has 2 unspecified atom stereocenters. The Morgan fingerprint density at radius 2 is 1.94 bits per heavy atom. The predicted molar refractivity (Wildman–Crippen MR) is 67.1 cm³/mol. The van der Waals surface area contributed by atoms with E-state index in [1.54, 1.807) is 24.3 Å². The highest BCUT2D eigenvalue weighted by Crippen LogP contribution is 2.27. The van der Waals surface area contributed by atoms with Crippen molar-refractivity contribution >= 4 is 38.7 Å². The molecule has 84 valence electrons. The van der Waals surface area contributed by atoms with E-state index in [4.69, 9.17) is 5.14 Å². The summed E-state index contributed by atoms with van der Waals surface area (Å²) in [5, 5.41) is 5.40. The molecule has 0 aliphatic carbocycles. The van der Waals surface area contributed by atoms with E-state index in [1.165, 1.54) is 4.90 Å². The molecule has 2 N–H and O–H groups in total. The number of imide groups is 1. The Morgan fingerprint density at radius 1 is 1.31 bits per heavy atom. The van der Waals surface area contributed by atoms with Gasteiger partial charge in [-0.15, -0.1) is 9.24 Å². The second-order valence-corrected chi connectivity index (χ2v) is 5.00. The van der Waals surface area contributed by atoms with Crippen molar-refractivity contribution in [1.29, 1.82) is 0 Å². The van der Waals surface area contributed by atoms with Crippen LogP contribution >= 0.6 is 21.2 Å². The minimum Gasteiger partial charge on any atom is -0.274 e. The Labute approximate surface area is 99.9 Å². The van der Waals surface area contributed by atoms with Gasteiger partial charge < -0.3 is 0 Å². The molecular weight excluding hydrogens is 243 g/mol. The van der Waals surface area contributed by atoms with Gasteiger partial charge in [0.05, 0.1) is 11.3 Å². The Hall–Kier alpha value is -0.900. The first kappa shape index (κ1) is 11.6. The standard InChI is InChI=1S/C10H11N2O2PS/c11-16-7-3-1-6(2-4-7)12-9(13)5-8(15)10(12)14/h1-4,8H,5,11,15H2. The number of rotatable bonds is 2. The molecule has 16 heavy (non-hydrogen) atoms. The molecule has 2 amide bonds. The summed E-state index contributed by atoms with van der Waals surface area (Å²) in [6, 6.07) is 7.04. The molecule has 0 saturated carbocycles. The first-order chi connectivity index (χ1) is 7.63. The number of amides is 2. The van der Waals surface area contributed by atoms with Gasteiger partial charge in [0.15, 0.2) is 0 Å². The van der Waals surface area contributed by atoms with Crippen LogP contribution in [0.4, 0.5) is 5.69 Å². The summed E-state index contributed by atoms with van der Waals surface area (Å²) in [6.45, 7) is 0. The molecule has 0 aromatic heterocycles. The predicted octanol–water partition coefficient (Wildman–Crippen LogP) is 1.16. The minimum absolute atomic E-state index is 0.154. The zero-order valence-electron chi connectivity index (χ0n) is 8.42. The van der Waals surface area contributed by atoms with E-state index in [0.29, 0.717) is 5.69 Å². The molecule has 2 atom stereocenters. The van der Waals surface area contributed by atoms with Gasteiger partial charge >= 0.3 is 0 Å². The van der Waals surface area contributed by atoms with Crippen molar-refractivity contribution in [1.82, 2.24) is 0 Å². The van der Waals surface area contributed by atoms with Gasteiger partial charge in [-0.1, -0.05) is 0 Å². The van der Waals surface area contributed by atoms with Crippen LogP contribution < -0.4 is 10.0 Å². The number of carbonyl (C=O) groups excluding carboxylic acids is 2. The Bertz CT molecular complexity index is 435. The van der Waals surface area contributed by atoms with Gasteiger partial charge in [-0.05, 0) is 36.2 Å². The molecule has 6 heteroatoms. The van der Waals surface area contributed by atoms with Crippen molar-refractivity contribution in [3.63, 3.8) is 0 Å². The van der Waals surface area contributed by atoms with E-state index in [9.17, 15) is 9.59 Å². The van der Waals surface area contributed by atoms with Crippen LogP contribution in [0.25, 0.3) is 0 Å². The van der Waals surface area contributed by atoms with Crippen molar-refractivity contribution in [2.75, 3.05) is 4.90 Å². The highest BCUT2D eigenvalue weighted by molar-refractivity contribution is 7.97. The van der Waals surface area contributed by atoms with Crippen LogP contribution in [0, 0.1) is 0 Å². The fraction of sp³-hybridized carbons (Fsp3) is 0.200. The van der Waals surface area contributed by atoms with Crippen LogP contribution in [0.2, 0.25) is 0 Å². The lowest BCUT2D eigenvalue weighted by molar-refractivity contribution is -0.121. The highest BCUT2D eigenvalue weighted by Gasteiger charge is 2.36. The fourth-order valence-corrected chi connectivity index (χ4v) is 2.24. The molecule has 0 bridgehead atoms. The number of hydrogen-bond acceptors (Lipinski definition) is 4. The molecule has 0 radical (unpaired) electrons. The maximum atomic E-state index is 11.7. The first-order valence-corrected chi connectivity index (χ1v) is 6.27. The first-order valence-electron chi connectivity index (χ1n) is 4.72. The fourth-order valence-electron chi connectivity index (χ4n) is 1.60. The van der Waals surface area contributed by atoms with Gasteiger partial charge in [0.25, 0.3) is 0 Å². The topological polar surface area (TPSA) is 63.4 Å². The normalized spacial score (nSPS) is 20.6. The highest BCUT2D eigenvalue weighted by atomic mass is 32.2. The largest absolute Gasteiger partial charge is 0.274 e. The lowest BCUT2D eigenvalue weighted by Crippen LogP contribution is -2.30. The van der Waals surface area contributed by atoms with Gasteiger partial charge in [0.2, 0.25) is 11.8 Å². The van der Waals surface area contributed by atoms with Crippen LogP contribution in [-0.4, -0.2) is 17.5 Å². The number of carbonyl (C=O) groups is 2. The molecule has 1 aliphatic heterocycles. The van der Waals surface area contributed by atoms with Gasteiger partial charge in [-0.2, -0.15) is 0 Å². The summed E-state index contributed by atoms with van der Waals surface area (Å²) in [5.41, 5.74) is 0.314. The van der Waals surface area contributed by atoms with E-state index in [-0.39, 0.29) is 23.9 Å². The maximum Gasteiger partial charge on any atom is 0.241 e. The monoisotopic (exact) mass is 254 g/mol. The second-order valence-electron chi connectivity index (χ2n) is 3.49. The molecule has 1 aromatic rings. The number of benzene rings is 1. The average Bonchev–Trinajstić information content (AvgIpc) is 2.54. The number of nitrogens with zero attached hydrogens (tertiary/aromatic N) is 1. The summed E-state index contributed by atoms with van der Waals surface area (Å²) < 4.78 is 0. The Balaban J connectivity index is 2.30. The molecule has 4 nitrogen and oxygen atoms in total. The van der Waals surface area contributed by atoms with Crippen LogP contribution in [-0.2, 0) is 9.59 Å². The summed E-state index contributed by atoms with van der Waals surface area (Å²) >= 11 is 1.13. The lowest BCUT2D eigenvalue weighted by atomic mass is 10.3. The Kier molecular flexibility index (Phi) is 3.28. The second kappa shape index (κ2) is 4.53. The van der Waals surface area contributed by atoms with Crippen molar-refractivity contribution < 1.29 is 9.59 Å². The molecule has 1 aliphatic rings. The lowest BCUT2D eigenvalue weighted by Gasteiger charge is -2.14. The number of hydrogen-bond donors (Lipinski definition) is 1. The van der Waals surface area contributed by atoms with E-state index in [1.807, 2.05) is 0 Å². The van der Waals surface area contributed by atoms with Gasteiger partial charge in [0.1, 0.15) is 0 Å². The molecule has 1 aromatic carbocycles. The number of nitrogens with two attached hydrogens (primary N) is 1. The van der Waals surface area contributed by atoms with E-state index in [2.05, 4.69) is 9.24 Å². The van der Waals surface area contributed by atoms with Gasteiger partial charge in [-0.3, -0.25) is 19.6 Å². The van der Waals surface area contributed by atoms with Gasteiger partial charge in [-0.25, -0.2) is 0 Å². The minimum atomic E-state index is -0.295. The number of anilines is 1. The van der Waals surface area contributed by atoms with Crippen molar-refractivity contribution in [2.45, 2.75) is 17.0 Å². The van der Waals surface area contributed by atoms with E-state index < -0.39 is 0 Å². The van der Waals surface area contributed by atoms with Crippen molar-refractivity contribution in [3.8, 4) is 0 Å². The average molecular weight is 254 g/mol. The third kappa shape index (κ3) is 1.98. The van der Waals surface area contributed by atoms with Crippen LogP contribution in [0.15, 0.2) is 29.2 Å². The van der Waals surface area contributed by atoms with Crippen LogP contribution in [0.1, 0.15) is 6.42 Å². The maximum absolute atomic E-state index is 11.7. The van der Waals surface area contributed by atoms with Crippen LogP contribution in [0.5, 0.6) is 0 Å². The summed E-state index contributed by atoms with van der Waals surface area (Å²) in [4.78, 5) is 25.5. The Morgan fingerprint density at radius 3 is 2.38 bits per heavy atom. The van der Waals surface area contributed by atoms with Crippen molar-refractivity contribution in [3.05, 3.63) is 24.3 Å². The molecule has 1 heterocycles. The summed E-state index contributed by atoms with van der Waals surface area (Å²) in [7, 11) is 2.39. The zero-order valence-corrected chi connectivity index (χ0v) is 10.4. The molecule has 1 saturated heterocycles. The molecule has 2 rings (SSSR count). The third-order valence-corrected chi connectivity index (χ3v) is 3.48. The molecular formula is C10H11N2O2PS. The van der Waals surface area contributed by atoms with E-state index >= 15 is 0 Å². The molecule has 1 fully saturated rings. The summed E-state index contributed by atoms with van der Waals surface area (Å²) in [5.74, 6) is -0.318. The van der Waals surface area contributed by atoms with Crippen LogP contribution in [0.3, 0.4) is 0 Å². The SMILES string of the molecule is NSc1ccc(N2C(=O)CC(P)C2=O)cc1. The third-order valence-electron chi connectivity index (χ3n) is 2.41. The van der Waals surface area contributed by atoms with Gasteiger partial charge in [0, 0.05) is 11.3 Å². The van der Waals surface area contributed by atoms with Crippen molar-refractivity contribution in [2.24, 2.45) is 5.14 Å². The summed E-state index contributed by atoms with van der Waals surface area (Å²) in [6.07, 6.45) is 0.261. The smallest absolute Gasteiger partial charge is 0.241 e. The zero-order chi connectivity index (χ0) is 11.7.